The molecule has 2 atom stereocenters. The highest BCUT2D eigenvalue weighted by Gasteiger charge is 2.56. The molecule has 28 heavy (non-hydrogen) atoms. The maximum absolute atomic E-state index is 14.0. The van der Waals surface area contributed by atoms with E-state index < -0.39 is 28.7 Å². The maximum Gasteiger partial charge on any atom is 0.408 e. The fourth-order valence-corrected chi connectivity index (χ4v) is 4.49. The first-order valence-corrected chi connectivity index (χ1v) is 9.59. The number of hydrogen-bond donors (Lipinski definition) is 1. The quantitative estimate of drug-likeness (QED) is 0.537. The van der Waals surface area contributed by atoms with E-state index in [0.29, 0.717) is 44.1 Å². The summed E-state index contributed by atoms with van der Waals surface area (Å²) in [5.74, 6) is -2.22. The number of methoxy groups -OCH3 is 1. The van der Waals surface area contributed by atoms with Gasteiger partial charge in [0, 0.05) is 12.5 Å². The molecular formula is C21H29F2NO4. The minimum Gasteiger partial charge on any atom is -0.469 e. The molecule has 2 rings (SSSR count). The van der Waals surface area contributed by atoms with Crippen LogP contribution in [-0.2, 0) is 15.1 Å². The van der Waals surface area contributed by atoms with Crippen LogP contribution < -0.4 is 0 Å². The van der Waals surface area contributed by atoms with Crippen LogP contribution in [0.4, 0.5) is 13.6 Å². The third kappa shape index (κ3) is 4.13. The summed E-state index contributed by atoms with van der Waals surface area (Å²) in [6.45, 7) is 5.76. The molecule has 1 aromatic rings. The van der Waals surface area contributed by atoms with Crippen molar-refractivity contribution >= 4 is 12.1 Å². The van der Waals surface area contributed by atoms with Crippen LogP contribution in [-0.4, -0.2) is 35.2 Å². The van der Waals surface area contributed by atoms with E-state index in [-0.39, 0.29) is 12.0 Å². The van der Waals surface area contributed by atoms with Crippen molar-refractivity contribution in [3.8, 4) is 0 Å². The zero-order chi connectivity index (χ0) is 21.1. The minimum atomic E-state index is -1.07. The molecule has 0 aliphatic carbocycles. The summed E-state index contributed by atoms with van der Waals surface area (Å²) in [7, 11) is 1.34. The summed E-state index contributed by atoms with van der Waals surface area (Å²) in [6.07, 6.45) is 2.27. The predicted octanol–water partition coefficient (Wildman–Crippen LogP) is 5.08. The third-order valence-electron chi connectivity index (χ3n) is 5.86. The highest BCUT2D eigenvalue weighted by molar-refractivity contribution is 5.69. The minimum absolute atomic E-state index is 0.248. The topological polar surface area (TPSA) is 66.8 Å². The molecule has 1 amide bonds. The molecule has 1 aliphatic rings. The van der Waals surface area contributed by atoms with E-state index >= 15 is 0 Å². The molecule has 0 aromatic heterocycles. The number of likely N-dealkylation sites (tertiary alicyclic amines) is 1. The first kappa shape index (κ1) is 22.1. The number of halogens is 2. The molecule has 156 valence electrons. The molecule has 1 saturated heterocycles. The van der Waals surface area contributed by atoms with Gasteiger partial charge >= 0.3 is 12.1 Å². The largest absolute Gasteiger partial charge is 0.469 e. The summed E-state index contributed by atoms with van der Waals surface area (Å²) in [5, 5.41) is 10.0. The van der Waals surface area contributed by atoms with Gasteiger partial charge in [0.15, 0.2) is 11.6 Å². The van der Waals surface area contributed by atoms with Gasteiger partial charge in [-0.1, -0.05) is 33.3 Å². The third-order valence-corrected chi connectivity index (χ3v) is 5.86. The van der Waals surface area contributed by atoms with Crippen LogP contribution in [0.2, 0.25) is 0 Å². The molecule has 5 nitrogen and oxygen atoms in total. The molecule has 1 fully saturated rings. The summed E-state index contributed by atoms with van der Waals surface area (Å²) in [5.41, 5.74) is -1.02. The predicted molar refractivity (Wildman–Crippen MR) is 101 cm³/mol. The van der Waals surface area contributed by atoms with Crippen molar-refractivity contribution in [2.24, 2.45) is 5.41 Å². The van der Waals surface area contributed by atoms with Crippen LogP contribution in [0.25, 0.3) is 0 Å². The SMILES string of the molecule is COC(=O)CCCC[C@@H]1CC[C@](c2ccc(F)c(F)c2)(C(C)(C)C)N1C(=O)O. The Balaban J connectivity index is 2.33. The average Bonchev–Trinajstić information content (AvgIpc) is 3.01. The van der Waals surface area contributed by atoms with Crippen LogP contribution in [0, 0.1) is 17.0 Å². The number of nitrogens with zero attached hydrogens (tertiary/aromatic N) is 1. The highest BCUT2D eigenvalue weighted by Crippen LogP contribution is 2.54. The van der Waals surface area contributed by atoms with Crippen LogP contribution in [0.3, 0.4) is 0 Å². The highest BCUT2D eigenvalue weighted by atomic mass is 19.2. The van der Waals surface area contributed by atoms with E-state index in [1.807, 2.05) is 20.8 Å². The molecule has 7 heteroatoms. The molecule has 0 unspecified atom stereocenters. The molecule has 1 N–H and O–H groups in total. The van der Waals surface area contributed by atoms with Gasteiger partial charge in [-0.2, -0.15) is 0 Å². The van der Waals surface area contributed by atoms with Crippen LogP contribution in [0.1, 0.15) is 64.9 Å². The van der Waals surface area contributed by atoms with Crippen LogP contribution in [0.5, 0.6) is 0 Å². The van der Waals surface area contributed by atoms with Gasteiger partial charge in [0.1, 0.15) is 0 Å². The second-order valence-electron chi connectivity index (χ2n) is 8.41. The maximum atomic E-state index is 14.0. The second-order valence-corrected chi connectivity index (χ2v) is 8.41. The number of hydrogen-bond acceptors (Lipinski definition) is 3. The van der Waals surface area contributed by atoms with Crippen molar-refractivity contribution in [3.63, 3.8) is 0 Å². The Morgan fingerprint density at radius 3 is 2.46 bits per heavy atom. The average molecular weight is 397 g/mol. The van der Waals surface area contributed by atoms with E-state index in [2.05, 4.69) is 4.74 Å². The van der Waals surface area contributed by atoms with Gasteiger partial charge in [-0.3, -0.25) is 9.69 Å². The van der Waals surface area contributed by atoms with E-state index in [4.69, 9.17) is 0 Å². The van der Waals surface area contributed by atoms with Gasteiger partial charge in [-0.25, -0.2) is 13.6 Å². The Hall–Kier alpha value is -2.18. The lowest BCUT2D eigenvalue weighted by molar-refractivity contribution is -0.140. The van der Waals surface area contributed by atoms with Crippen molar-refractivity contribution in [1.82, 2.24) is 4.90 Å². The number of carbonyl (C=O) groups is 2. The Morgan fingerprint density at radius 1 is 1.25 bits per heavy atom. The molecule has 1 heterocycles. The van der Waals surface area contributed by atoms with Crippen molar-refractivity contribution < 1.29 is 28.2 Å². The van der Waals surface area contributed by atoms with E-state index in [1.165, 1.54) is 18.1 Å². The second kappa shape index (κ2) is 8.45. The number of carbonyl (C=O) groups excluding carboxylic acids is 1. The van der Waals surface area contributed by atoms with Crippen molar-refractivity contribution in [2.75, 3.05) is 7.11 Å². The molecule has 1 aliphatic heterocycles. The van der Waals surface area contributed by atoms with Crippen LogP contribution in [0.15, 0.2) is 18.2 Å². The Bertz CT molecular complexity index is 732. The lowest BCUT2D eigenvalue weighted by Gasteiger charge is -2.49. The van der Waals surface area contributed by atoms with Gasteiger partial charge in [-0.05, 0) is 48.8 Å². The zero-order valence-corrected chi connectivity index (χ0v) is 16.9. The monoisotopic (exact) mass is 397 g/mol. The van der Waals surface area contributed by atoms with Gasteiger partial charge in [-0.15, -0.1) is 0 Å². The summed E-state index contributed by atoms with van der Waals surface area (Å²) >= 11 is 0. The van der Waals surface area contributed by atoms with Gasteiger partial charge in [0.25, 0.3) is 0 Å². The number of amides is 1. The summed E-state index contributed by atoms with van der Waals surface area (Å²) in [4.78, 5) is 25.0. The normalized spacial score (nSPS) is 22.4. The molecular weight excluding hydrogens is 368 g/mol. The first-order chi connectivity index (χ1) is 13.0. The van der Waals surface area contributed by atoms with Gasteiger partial charge in [0.05, 0.1) is 12.6 Å². The zero-order valence-electron chi connectivity index (χ0n) is 16.9. The first-order valence-electron chi connectivity index (χ1n) is 9.59. The van der Waals surface area contributed by atoms with E-state index in [1.54, 1.807) is 0 Å². The fourth-order valence-electron chi connectivity index (χ4n) is 4.49. The molecule has 0 bridgehead atoms. The number of carboxylic acid groups (broad SMARTS) is 1. The summed E-state index contributed by atoms with van der Waals surface area (Å²) < 4.78 is 32.1. The van der Waals surface area contributed by atoms with Crippen molar-refractivity contribution in [3.05, 3.63) is 35.4 Å². The van der Waals surface area contributed by atoms with Crippen molar-refractivity contribution in [1.29, 1.82) is 0 Å². The number of ether oxygens (including phenoxy) is 1. The number of unbranched alkanes of at least 4 members (excludes halogenated alkanes) is 1. The molecule has 0 radical (unpaired) electrons. The van der Waals surface area contributed by atoms with E-state index in [9.17, 15) is 23.5 Å². The van der Waals surface area contributed by atoms with E-state index in [0.717, 1.165) is 12.1 Å². The molecule has 0 spiro atoms. The molecule has 1 aromatic carbocycles. The number of rotatable bonds is 6. The van der Waals surface area contributed by atoms with Crippen LogP contribution >= 0.6 is 0 Å². The summed E-state index contributed by atoms with van der Waals surface area (Å²) in [6, 6.07) is 3.42. The standard InChI is InChI=1S/C21H29F2NO4/c1-20(2,3)21(14-9-10-16(22)17(23)13-14)12-11-15(24(21)19(26)27)7-5-6-8-18(25)28-4/h9-10,13,15H,5-8,11-12H2,1-4H3,(H,26,27)/t15-,21+/m1/s1. The Labute approximate surface area is 164 Å². The fraction of sp³-hybridized carbons (Fsp3) is 0.619. The smallest absolute Gasteiger partial charge is 0.408 e. The Kier molecular flexibility index (Phi) is 6.67. The number of benzene rings is 1. The Morgan fingerprint density at radius 2 is 1.93 bits per heavy atom. The lowest BCUT2D eigenvalue weighted by Crippen LogP contribution is -2.55. The number of esters is 1. The molecule has 0 saturated carbocycles. The van der Waals surface area contributed by atoms with Gasteiger partial charge in [0.2, 0.25) is 0 Å². The lowest BCUT2D eigenvalue weighted by atomic mass is 9.67. The van der Waals surface area contributed by atoms with Crippen molar-refractivity contribution in [2.45, 2.75) is 70.9 Å². The van der Waals surface area contributed by atoms with Gasteiger partial charge < -0.3 is 9.84 Å².